The normalized spacial score (nSPS) is 14.1. The number of nitrogens with zero attached hydrogens (tertiary/aromatic N) is 4. The largest absolute Gasteiger partial charge is 0.322 e. The van der Waals surface area contributed by atoms with Gasteiger partial charge in [0.05, 0.1) is 22.5 Å². The fourth-order valence-corrected chi connectivity index (χ4v) is 3.42. The van der Waals surface area contributed by atoms with Gasteiger partial charge >= 0.3 is 0 Å². The molecule has 1 N–H and O–H groups in total. The van der Waals surface area contributed by atoms with Gasteiger partial charge in [-0.2, -0.15) is 5.10 Å². The first kappa shape index (κ1) is 18.1. The Morgan fingerprint density at radius 1 is 1.11 bits per heavy atom. The molecule has 0 aliphatic carbocycles. The molecule has 4 rings (SSSR count). The van der Waals surface area contributed by atoms with Crippen LogP contribution in [0.3, 0.4) is 0 Å². The zero-order chi connectivity index (χ0) is 19.8. The van der Waals surface area contributed by atoms with Gasteiger partial charge in [0.15, 0.2) is 0 Å². The van der Waals surface area contributed by atoms with Gasteiger partial charge in [-0.05, 0) is 37.3 Å². The fraction of sp³-hybridized carbons (Fsp3) is 0.105. The van der Waals surface area contributed by atoms with E-state index in [0.29, 0.717) is 22.5 Å². The Kier molecular flexibility index (Phi) is 4.52. The van der Waals surface area contributed by atoms with Gasteiger partial charge in [0, 0.05) is 4.47 Å². The zero-order valence-corrected chi connectivity index (χ0v) is 16.3. The van der Waals surface area contributed by atoms with Crippen LogP contribution in [0.15, 0.2) is 59.6 Å². The number of carbonyl (C=O) groups excluding carboxylic acids is 3. The minimum absolute atomic E-state index is 0.304. The van der Waals surface area contributed by atoms with Crippen LogP contribution in [0.25, 0.3) is 5.69 Å². The maximum atomic E-state index is 12.9. The number of hydrogen-bond acceptors (Lipinski definition) is 5. The quantitative estimate of drug-likeness (QED) is 0.630. The fourth-order valence-electron chi connectivity index (χ4n) is 3.05. The number of carbonyl (C=O) groups is 3. The Balaban J connectivity index is 1.61. The average Bonchev–Trinajstić information content (AvgIpc) is 3.30. The number of amides is 3. The third-order valence-electron chi connectivity index (χ3n) is 4.47. The molecule has 1 aliphatic rings. The SMILES string of the molecule is CC(C(=O)Nc1cc(Br)ccc1-n1cncn1)N1C(=O)c2ccccc2C1=O. The van der Waals surface area contributed by atoms with E-state index >= 15 is 0 Å². The first-order chi connectivity index (χ1) is 13.5. The standard InChI is InChI=1S/C19H14BrN5O3/c1-11(25-18(27)13-4-2-3-5-14(13)19(25)28)17(26)23-15-8-12(20)6-7-16(15)24-10-21-9-22-24/h2-11H,1H3,(H,23,26). The number of halogens is 1. The van der Waals surface area contributed by atoms with Crippen molar-refractivity contribution in [2.75, 3.05) is 5.32 Å². The van der Waals surface area contributed by atoms with Crippen LogP contribution in [0.4, 0.5) is 5.69 Å². The topological polar surface area (TPSA) is 97.2 Å². The van der Waals surface area contributed by atoms with Crippen LogP contribution in [0.2, 0.25) is 0 Å². The third kappa shape index (κ3) is 2.99. The van der Waals surface area contributed by atoms with Gasteiger partial charge in [0.1, 0.15) is 18.7 Å². The molecule has 3 aromatic rings. The lowest BCUT2D eigenvalue weighted by molar-refractivity contribution is -0.119. The maximum absolute atomic E-state index is 12.9. The van der Waals surface area contributed by atoms with Crippen LogP contribution in [-0.4, -0.2) is 43.4 Å². The summed E-state index contributed by atoms with van der Waals surface area (Å²) in [6.07, 6.45) is 2.89. The molecule has 0 bridgehead atoms. The van der Waals surface area contributed by atoms with Gasteiger partial charge in [0.2, 0.25) is 5.91 Å². The lowest BCUT2D eigenvalue weighted by Gasteiger charge is -2.22. The van der Waals surface area contributed by atoms with Crippen LogP contribution < -0.4 is 5.32 Å². The summed E-state index contributed by atoms with van der Waals surface area (Å²) in [7, 11) is 0. The van der Waals surface area contributed by atoms with Crippen molar-refractivity contribution >= 4 is 39.3 Å². The molecule has 28 heavy (non-hydrogen) atoms. The zero-order valence-electron chi connectivity index (χ0n) is 14.7. The lowest BCUT2D eigenvalue weighted by Crippen LogP contribution is -2.45. The first-order valence-corrected chi connectivity index (χ1v) is 9.19. The molecule has 9 heteroatoms. The van der Waals surface area contributed by atoms with Gasteiger partial charge in [-0.25, -0.2) is 9.67 Å². The van der Waals surface area contributed by atoms with Crippen LogP contribution >= 0.6 is 15.9 Å². The Hall–Kier alpha value is -3.33. The first-order valence-electron chi connectivity index (χ1n) is 8.39. The number of fused-ring (bicyclic) bond motifs is 1. The molecule has 3 amide bonds. The molecule has 0 spiro atoms. The van der Waals surface area contributed by atoms with Crippen LogP contribution in [0.1, 0.15) is 27.6 Å². The maximum Gasteiger partial charge on any atom is 0.262 e. The highest BCUT2D eigenvalue weighted by Crippen LogP contribution is 2.27. The van der Waals surface area contributed by atoms with Crippen molar-refractivity contribution in [2.45, 2.75) is 13.0 Å². The Morgan fingerprint density at radius 2 is 1.79 bits per heavy atom. The number of benzene rings is 2. The molecule has 8 nitrogen and oxygen atoms in total. The van der Waals surface area contributed by atoms with Crippen LogP contribution in [-0.2, 0) is 4.79 Å². The Bertz CT molecular complexity index is 1060. The molecule has 1 atom stereocenters. The van der Waals surface area contributed by atoms with Crippen molar-refractivity contribution in [3.63, 3.8) is 0 Å². The molecule has 0 fully saturated rings. The predicted octanol–water partition coefficient (Wildman–Crippen LogP) is 2.65. The summed E-state index contributed by atoms with van der Waals surface area (Å²) in [6, 6.07) is 10.8. The second-order valence-corrected chi connectivity index (χ2v) is 7.11. The smallest absolute Gasteiger partial charge is 0.262 e. The van der Waals surface area contributed by atoms with Gasteiger partial charge in [-0.1, -0.05) is 28.1 Å². The molecule has 0 saturated heterocycles. The van der Waals surface area contributed by atoms with E-state index in [4.69, 9.17) is 0 Å². The molecule has 1 aliphatic heterocycles. The Labute approximate surface area is 168 Å². The molecule has 140 valence electrons. The number of nitrogens with one attached hydrogen (secondary N) is 1. The van der Waals surface area contributed by atoms with E-state index in [-0.39, 0.29) is 0 Å². The van der Waals surface area contributed by atoms with E-state index in [2.05, 4.69) is 31.3 Å². The molecule has 2 heterocycles. The molecule has 1 aromatic heterocycles. The second kappa shape index (κ2) is 7.01. The summed E-state index contributed by atoms with van der Waals surface area (Å²) in [6.45, 7) is 1.52. The minimum Gasteiger partial charge on any atom is -0.322 e. The van der Waals surface area contributed by atoms with Crippen molar-refractivity contribution < 1.29 is 14.4 Å². The highest BCUT2D eigenvalue weighted by Gasteiger charge is 2.40. The number of aromatic nitrogens is 3. The number of anilines is 1. The number of imide groups is 1. The number of hydrogen-bond donors (Lipinski definition) is 1. The molecule has 0 saturated carbocycles. The lowest BCUT2D eigenvalue weighted by atomic mass is 10.1. The van der Waals surface area contributed by atoms with Crippen molar-refractivity contribution in [1.82, 2.24) is 19.7 Å². The van der Waals surface area contributed by atoms with Gasteiger partial charge in [-0.3, -0.25) is 19.3 Å². The van der Waals surface area contributed by atoms with Crippen LogP contribution in [0, 0.1) is 0 Å². The number of rotatable bonds is 4. The molecule has 0 radical (unpaired) electrons. The van der Waals surface area contributed by atoms with E-state index in [9.17, 15) is 14.4 Å². The van der Waals surface area contributed by atoms with Crippen molar-refractivity contribution in [3.05, 3.63) is 70.7 Å². The van der Waals surface area contributed by atoms with Crippen LogP contribution in [0.5, 0.6) is 0 Å². The molecule has 2 aromatic carbocycles. The predicted molar refractivity (Wildman–Crippen MR) is 104 cm³/mol. The van der Waals surface area contributed by atoms with E-state index < -0.39 is 23.8 Å². The summed E-state index contributed by atoms with van der Waals surface area (Å²) < 4.78 is 2.26. The molecular weight excluding hydrogens is 426 g/mol. The summed E-state index contributed by atoms with van der Waals surface area (Å²) in [4.78, 5) is 43.0. The summed E-state index contributed by atoms with van der Waals surface area (Å²) in [5, 5.41) is 6.86. The second-order valence-electron chi connectivity index (χ2n) is 6.19. The summed E-state index contributed by atoms with van der Waals surface area (Å²) >= 11 is 3.38. The summed E-state index contributed by atoms with van der Waals surface area (Å²) in [5.74, 6) is -1.45. The highest BCUT2D eigenvalue weighted by atomic mass is 79.9. The average molecular weight is 440 g/mol. The molecular formula is C19H14BrN5O3. The van der Waals surface area contributed by atoms with Gasteiger partial charge in [-0.15, -0.1) is 0 Å². The minimum atomic E-state index is -0.991. The van der Waals surface area contributed by atoms with E-state index in [1.165, 1.54) is 24.3 Å². The summed E-state index contributed by atoms with van der Waals surface area (Å²) in [5.41, 5.74) is 1.67. The van der Waals surface area contributed by atoms with E-state index in [1.54, 1.807) is 42.5 Å². The van der Waals surface area contributed by atoms with Gasteiger partial charge < -0.3 is 5.32 Å². The van der Waals surface area contributed by atoms with Crippen molar-refractivity contribution in [2.24, 2.45) is 0 Å². The van der Waals surface area contributed by atoms with E-state index in [1.807, 2.05) is 0 Å². The van der Waals surface area contributed by atoms with Crippen molar-refractivity contribution in [3.8, 4) is 5.69 Å². The highest BCUT2D eigenvalue weighted by molar-refractivity contribution is 9.10. The van der Waals surface area contributed by atoms with Crippen molar-refractivity contribution in [1.29, 1.82) is 0 Å². The van der Waals surface area contributed by atoms with E-state index in [0.717, 1.165) is 9.37 Å². The molecule has 1 unspecified atom stereocenters. The third-order valence-corrected chi connectivity index (χ3v) is 4.97. The van der Waals surface area contributed by atoms with Gasteiger partial charge in [0.25, 0.3) is 11.8 Å². The monoisotopic (exact) mass is 439 g/mol. The Morgan fingerprint density at radius 3 is 2.39 bits per heavy atom.